The molecule has 0 bridgehead atoms. The van der Waals surface area contributed by atoms with Crippen molar-refractivity contribution >= 4 is 11.2 Å². The summed E-state index contributed by atoms with van der Waals surface area (Å²) in [6.45, 7) is 5.44. The highest BCUT2D eigenvalue weighted by Gasteiger charge is 2.22. The van der Waals surface area contributed by atoms with E-state index in [-0.39, 0.29) is 11.2 Å². The van der Waals surface area contributed by atoms with E-state index in [4.69, 9.17) is 4.98 Å². The van der Waals surface area contributed by atoms with Crippen molar-refractivity contribution in [3.05, 3.63) is 117 Å². The monoisotopic (exact) mass is 602 g/mol. The van der Waals surface area contributed by atoms with Crippen LogP contribution in [0.25, 0.3) is 33.7 Å². The van der Waals surface area contributed by atoms with Crippen LogP contribution in [0, 0.1) is 0 Å². The molecular formula is C35H38N8O2. The number of hydrogen-bond donors (Lipinski definition) is 1. The first-order valence-corrected chi connectivity index (χ1v) is 15.8. The number of aryl methyl sites for hydroxylation is 3. The smallest absolute Gasteiger partial charge is 0.318 e. The highest BCUT2D eigenvalue weighted by Crippen LogP contribution is 2.30. The molecule has 3 aromatic carbocycles. The molecule has 0 spiro atoms. The minimum atomic E-state index is -0.292. The van der Waals surface area contributed by atoms with Gasteiger partial charge in [-0.2, -0.15) is 5.21 Å². The third-order valence-corrected chi connectivity index (χ3v) is 8.23. The van der Waals surface area contributed by atoms with Crippen molar-refractivity contribution in [2.45, 2.75) is 72.0 Å². The number of hydrogen-bond acceptors (Lipinski definition) is 6. The molecule has 0 saturated heterocycles. The van der Waals surface area contributed by atoms with E-state index in [1.165, 1.54) is 4.57 Å². The number of fused-ring (bicyclic) bond motifs is 1. The van der Waals surface area contributed by atoms with Crippen molar-refractivity contribution in [3.63, 3.8) is 0 Å². The van der Waals surface area contributed by atoms with Crippen LogP contribution in [0.4, 0.5) is 0 Å². The van der Waals surface area contributed by atoms with Crippen LogP contribution in [-0.2, 0) is 32.5 Å². The molecule has 0 radical (unpaired) electrons. The molecule has 3 aromatic heterocycles. The number of tetrazole rings is 1. The van der Waals surface area contributed by atoms with Crippen molar-refractivity contribution in [2.24, 2.45) is 0 Å². The van der Waals surface area contributed by atoms with Crippen LogP contribution in [0.15, 0.2) is 88.5 Å². The first kappa shape index (κ1) is 29.9. The zero-order valence-corrected chi connectivity index (χ0v) is 25.8. The average molecular weight is 603 g/mol. The topological polar surface area (TPSA) is 116 Å². The third-order valence-electron chi connectivity index (χ3n) is 8.23. The van der Waals surface area contributed by atoms with Gasteiger partial charge < -0.3 is 4.57 Å². The maximum atomic E-state index is 14.0. The Morgan fingerprint density at radius 2 is 1.47 bits per heavy atom. The van der Waals surface area contributed by atoms with Crippen LogP contribution in [0.2, 0.25) is 0 Å². The minimum absolute atomic E-state index is 0.271. The lowest BCUT2D eigenvalue weighted by Crippen LogP contribution is -2.41. The summed E-state index contributed by atoms with van der Waals surface area (Å²) >= 11 is 0. The van der Waals surface area contributed by atoms with E-state index in [2.05, 4.69) is 63.9 Å². The van der Waals surface area contributed by atoms with Gasteiger partial charge in [0, 0.05) is 31.6 Å². The maximum Gasteiger partial charge on any atom is 0.332 e. The lowest BCUT2D eigenvalue weighted by atomic mass is 9.98. The average Bonchev–Trinajstić information content (AvgIpc) is 3.73. The van der Waals surface area contributed by atoms with Crippen LogP contribution in [-0.4, -0.2) is 39.3 Å². The Hall–Kier alpha value is -5.12. The highest BCUT2D eigenvalue weighted by molar-refractivity contribution is 5.80. The molecular weight excluding hydrogens is 564 g/mol. The van der Waals surface area contributed by atoms with Crippen molar-refractivity contribution in [3.8, 4) is 22.5 Å². The molecule has 0 fully saturated rings. The number of rotatable bonds is 13. The van der Waals surface area contributed by atoms with E-state index in [0.717, 1.165) is 59.3 Å². The van der Waals surface area contributed by atoms with Crippen LogP contribution in [0.5, 0.6) is 0 Å². The minimum Gasteiger partial charge on any atom is -0.318 e. The molecule has 0 unspecified atom stereocenters. The van der Waals surface area contributed by atoms with E-state index >= 15 is 0 Å². The molecule has 0 saturated carbocycles. The number of imidazole rings is 1. The molecule has 0 amide bonds. The summed E-state index contributed by atoms with van der Waals surface area (Å²) in [7, 11) is 0. The fourth-order valence-corrected chi connectivity index (χ4v) is 5.92. The Morgan fingerprint density at radius 3 is 2.18 bits per heavy atom. The molecule has 10 heteroatoms. The van der Waals surface area contributed by atoms with E-state index < -0.39 is 0 Å². The number of aromatic nitrogens is 8. The quantitative estimate of drug-likeness (QED) is 0.171. The van der Waals surface area contributed by atoms with Crippen molar-refractivity contribution in [1.29, 1.82) is 0 Å². The summed E-state index contributed by atoms with van der Waals surface area (Å²) < 4.78 is 5.14. The lowest BCUT2D eigenvalue weighted by Gasteiger charge is -2.13. The molecule has 0 aliphatic heterocycles. The Labute approximate surface area is 261 Å². The maximum absolute atomic E-state index is 14.0. The van der Waals surface area contributed by atoms with Gasteiger partial charge in [-0.1, -0.05) is 106 Å². The predicted octanol–water partition coefficient (Wildman–Crippen LogP) is 5.64. The third kappa shape index (κ3) is 6.26. The number of unbranched alkanes of at least 4 members (excludes halogenated alkanes) is 2. The van der Waals surface area contributed by atoms with Gasteiger partial charge in [-0.25, -0.2) is 9.78 Å². The molecule has 3 heterocycles. The molecule has 0 aliphatic rings. The summed E-state index contributed by atoms with van der Waals surface area (Å²) in [5.74, 6) is 1.38. The predicted molar refractivity (Wildman–Crippen MR) is 176 cm³/mol. The second-order valence-corrected chi connectivity index (χ2v) is 11.3. The lowest BCUT2D eigenvalue weighted by molar-refractivity contribution is 0.558. The Kier molecular flexibility index (Phi) is 9.09. The van der Waals surface area contributed by atoms with Gasteiger partial charge in [-0.3, -0.25) is 13.9 Å². The van der Waals surface area contributed by atoms with Crippen LogP contribution < -0.4 is 11.2 Å². The second kappa shape index (κ2) is 13.7. The van der Waals surface area contributed by atoms with Crippen LogP contribution in [0.3, 0.4) is 0 Å². The first-order chi connectivity index (χ1) is 22.1. The normalized spacial score (nSPS) is 11.4. The summed E-state index contributed by atoms with van der Waals surface area (Å²) in [6.07, 6.45) is 5.20. The SMILES string of the molecule is CCCCCc1nc2c(c(=O)n(CCC)c(=O)n2CCc2ccccc2)n1Cc1ccc(-c2ccccc2-c2nn[nH]n2)cc1. The standard InChI is InChI=1S/C35H38N8O2/c1-3-5-7-16-30-36-33-31(34(44)42(22-4-2)35(45)41(33)23-21-25-12-8-6-9-13-25)43(30)24-26-17-19-27(20-18-26)28-14-10-11-15-29(28)32-37-39-40-38-32/h6,8-15,17-20H,3-5,7,16,21-24H2,1-2H3,(H,37,38,39,40). The van der Waals surface area contributed by atoms with Crippen molar-refractivity contribution in [1.82, 2.24) is 39.3 Å². The largest absolute Gasteiger partial charge is 0.332 e. The molecule has 0 atom stereocenters. The van der Waals surface area contributed by atoms with E-state index in [1.54, 1.807) is 4.57 Å². The number of aromatic amines is 1. The van der Waals surface area contributed by atoms with Gasteiger partial charge in [-0.15, -0.1) is 10.2 Å². The van der Waals surface area contributed by atoms with Gasteiger partial charge in [-0.05, 0) is 46.7 Å². The van der Waals surface area contributed by atoms with Crippen LogP contribution in [0.1, 0.15) is 56.5 Å². The molecule has 230 valence electrons. The van der Waals surface area contributed by atoms with Crippen molar-refractivity contribution < 1.29 is 0 Å². The van der Waals surface area contributed by atoms with Gasteiger partial charge >= 0.3 is 5.69 Å². The Bertz CT molecular complexity index is 1990. The van der Waals surface area contributed by atoms with Gasteiger partial charge in [0.25, 0.3) is 5.56 Å². The molecule has 0 aliphatic carbocycles. The van der Waals surface area contributed by atoms with Crippen molar-refractivity contribution in [2.75, 3.05) is 0 Å². The molecule has 6 rings (SSSR count). The summed E-state index contributed by atoms with van der Waals surface area (Å²) in [5, 5.41) is 14.6. The Morgan fingerprint density at radius 1 is 0.711 bits per heavy atom. The fourth-order valence-electron chi connectivity index (χ4n) is 5.92. The summed E-state index contributed by atoms with van der Waals surface area (Å²) in [6, 6.07) is 26.4. The van der Waals surface area contributed by atoms with E-state index in [9.17, 15) is 9.59 Å². The molecule has 10 nitrogen and oxygen atoms in total. The summed E-state index contributed by atoms with van der Waals surface area (Å²) in [5.41, 5.74) is 5.50. The number of benzene rings is 3. The zero-order chi connectivity index (χ0) is 31.2. The fraction of sp³-hybridized carbons (Fsp3) is 0.314. The van der Waals surface area contributed by atoms with E-state index in [1.807, 2.05) is 54.0 Å². The molecule has 45 heavy (non-hydrogen) atoms. The van der Waals surface area contributed by atoms with Gasteiger partial charge in [0.15, 0.2) is 11.2 Å². The van der Waals surface area contributed by atoms with Gasteiger partial charge in [0.05, 0.1) is 0 Å². The van der Waals surface area contributed by atoms with Gasteiger partial charge in [0.2, 0.25) is 5.82 Å². The molecule has 6 aromatic rings. The Balaban J connectivity index is 1.41. The summed E-state index contributed by atoms with van der Waals surface area (Å²) in [4.78, 5) is 32.7. The first-order valence-electron chi connectivity index (χ1n) is 15.8. The number of H-pyrrole nitrogens is 1. The van der Waals surface area contributed by atoms with Gasteiger partial charge in [0.1, 0.15) is 5.82 Å². The van der Waals surface area contributed by atoms with Crippen LogP contribution >= 0.6 is 0 Å². The highest BCUT2D eigenvalue weighted by atomic mass is 16.2. The number of nitrogens with zero attached hydrogens (tertiary/aromatic N) is 7. The molecule has 1 N–H and O–H groups in total. The van der Waals surface area contributed by atoms with E-state index in [0.29, 0.717) is 49.5 Å². The second-order valence-electron chi connectivity index (χ2n) is 11.3. The number of nitrogens with one attached hydrogen (secondary N) is 1. The zero-order valence-electron chi connectivity index (χ0n) is 25.8.